The molecule has 0 aromatic heterocycles. The molecule has 1 atom stereocenters. The predicted octanol–water partition coefficient (Wildman–Crippen LogP) is 2.02. The highest BCUT2D eigenvalue weighted by molar-refractivity contribution is 5.94. The minimum atomic E-state index is -0.215. The summed E-state index contributed by atoms with van der Waals surface area (Å²) in [5.41, 5.74) is 0.815. The Morgan fingerprint density at radius 3 is 2.76 bits per heavy atom. The van der Waals surface area contributed by atoms with Gasteiger partial charge < -0.3 is 10.6 Å². The molecular formula is C14H18N2O. The number of rotatable bonds is 6. The molecule has 0 saturated carbocycles. The zero-order chi connectivity index (χ0) is 12.5. The molecule has 3 nitrogen and oxygen atoms in total. The lowest BCUT2D eigenvalue weighted by Gasteiger charge is -2.13. The van der Waals surface area contributed by atoms with E-state index in [0.29, 0.717) is 0 Å². The van der Waals surface area contributed by atoms with Crippen molar-refractivity contribution in [3.05, 3.63) is 30.3 Å². The third kappa shape index (κ3) is 5.19. The molecule has 0 aliphatic carbocycles. The highest BCUT2D eigenvalue weighted by Crippen LogP contribution is 2.05. The third-order valence-electron chi connectivity index (χ3n) is 2.38. The molecule has 2 N–H and O–H groups in total. The molecule has 17 heavy (non-hydrogen) atoms. The fourth-order valence-corrected chi connectivity index (χ4v) is 1.37. The summed E-state index contributed by atoms with van der Waals surface area (Å²) in [6, 6.07) is 9.21. The largest absolute Gasteiger partial charge is 0.325 e. The van der Waals surface area contributed by atoms with Gasteiger partial charge in [0.1, 0.15) is 0 Å². The quantitative estimate of drug-likeness (QED) is 0.580. The minimum absolute atomic E-state index is 0.0306. The molecule has 1 aromatic carbocycles. The van der Waals surface area contributed by atoms with E-state index in [0.717, 1.165) is 25.1 Å². The van der Waals surface area contributed by atoms with E-state index in [1.807, 2.05) is 37.3 Å². The van der Waals surface area contributed by atoms with Gasteiger partial charge in [0.15, 0.2) is 0 Å². The third-order valence-corrected chi connectivity index (χ3v) is 2.38. The van der Waals surface area contributed by atoms with Crippen LogP contribution in [0.5, 0.6) is 0 Å². The molecule has 0 heterocycles. The summed E-state index contributed by atoms with van der Waals surface area (Å²) >= 11 is 0. The molecule has 0 aliphatic heterocycles. The molecule has 1 aromatic rings. The number of terminal acetylenes is 1. The lowest BCUT2D eigenvalue weighted by atomic mass is 10.2. The van der Waals surface area contributed by atoms with Crippen LogP contribution in [0.15, 0.2) is 30.3 Å². The van der Waals surface area contributed by atoms with Crippen LogP contribution in [-0.4, -0.2) is 18.5 Å². The lowest BCUT2D eigenvalue weighted by Crippen LogP contribution is -2.38. The Hall–Kier alpha value is -1.79. The van der Waals surface area contributed by atoms with E-state index in [1.54, 1.807) is 0 Å². The van der Waals surface area contributed by atoms with Gasteiger partial charge in [0.05, 0.1) is 6.04 Å². The van der Waals surface area contributed by atoms with Gasteiger partial charge >= 0.3 is 0 Å². The van der Waals surface area contributed by atoms with E-state index in [9.17, 15) is 4.79 Å². The maximum absolute atomic E-state index is 11.8. The summed E-state index contributed by atoms with van der Waals surface area (Å²) < 4.78 is 0. The number of anilines is 1. The first-order valence-electron chi connectivity index (χ1n) is 5.77. The molecule has 1 rings (SSSR count). The smallest absolute Gasteiger partial charge is 0.241 e. The maximum atomic E-state index is 11.8. The van der Waals surface area contributed by atoms with Crippen molar-refractivity contribution in [1.29, 1.82) is 0 Å². The molecular weight excluding hydrogens is 212 g/mol. The predicted molar refractivity (Wildman–Crippen MR) is 70.6 cm³/mol. The number of hydrogen-bond acceptors (Lipinski definition) is 2. The van der Waals surface area contributed by atoms with Crippen LogP contribution in [0.4, 0.5) is 5.69 Å². The van der Waals surface area contributed by atoms with Gasteiger partial charge in [-0.3, -0.25) is 4.79 Å². The van der Waals surface area contributed by atoms with Gasteiger partial charge in [0, 0.05) is 12.1 Å². The molecule has 0 saturated heterocycles. The summed E-state index contributed by atoms with van der Waals surface area (Å²) in [4.78, 5) is 11.8. The Morgan fingerprint density at radius 1 is 1.41 bits per heavy atom. The normalized spacial score (nSPS) is 11.5. The molecule has 3 heteroatoms. The number of carbonyl (C=O) groups is 1. The van der Waals surface area contributed by atoms with E-state index in [2.05, 4.69) is 16.6 Å². The topological polar surface area (TPSA) is 41.1 Å². The van der Waals surface area contributed by atoms with Gasteiger partial charge in [-0.15, -0.1) is 12.3 Å². The minimum Gasteiger partial charge on any atom is -0.325 e. The second-order valence-electron chi connectivity index (χ2n) is 3.84. The summed E-state index contributed by atoms with van der Waals surface area (Å²) in [6.07, 6.45) is 6.77. The van der Waals surface area contributed by atoms with Crippen molar-refractivity contribution >= 4 is 11.6 Å². The molecule has 0 fully saturated rings. The van der Waals surface area contributed by atoms with Crippen molar-refractivity contribution < 1.29 is 4.79 Å². The second-order valence-corrected chi connectivity index (χ2v) is 3.84. The van der Waals surface area contributed by atoms with Gasteiger partial charge in [-0.2, -0.15) is 0 Å². The van der Waals surface area contributed by atoms with E-state index in [4.69, 9.17) is 6.42 Å². The van der Waals surface area contributed by atoms with Crippen molar-refractivity contribution in [3.8, 4) is 12.3 Å². The monoisotopic (exact) mass is 230 g/mol. The van der Waals surface area contributed by atoms with Crippen LogP contribution in [0.25, 0.3) is 0 Å². The number of para-hydroxylation sites is 1. The fourth-order valence-electron chi connectivity index (χ4n) is 1.37. The van der Waals surface area contributed by atoms with Crippen molar-refractivity contribution in [2.24, 2.45) is 0 Å². The van der Waals surface area contributed by atoms with Gasteiger partial charge in [-0.05, 0) is 32.0 Å². The standard InChI is InChI=1S/C14H18N2O/c1-3-4-8-11-15-12(2)14(17)16-13-9-6-5-7-10-13/h1,5-7,9-10,12,15H,4,8,11H2,2H3,(H,16,17). The van der Waals surface area contributed by atoms with E-state index in [1.165, 1.54) is 0 Å². The van der Waals surface area contributed by atoms with Crippen LogP contribution in [0, 0.1) is 12.3 Å². The first-order valence-corrected chi connectivity index (χ1v) is 5.77. The summed E-state index contributed by atoms with van der Waals surface area (Å²) in [6.45, 7) is 2.60. The highest BCUT2D eigenvalue weighted by atomic mass is 16.2. The van der Waals surface area contributed by atoms with Gasteiger partial charge in [-0.1, -0.05) is 18.2 Å². The molecule has 1 amide bonds. The Balaban J connectivity index is 2.30. The van der Waals surface area contributed by atoms with Crippen LogP contribution >= 0.6 is 0 Å². The average molecular weight is 230 g/mol. The zero-order valence-corrected chi connectivity index (χ0v) is 10.1. The number of benzene rings is 1. The Labute approximate surface area is 103 Å². The van der Waals surface area contributed by atoms with E-state index in [-0.39, 0.29) is 11.9 Å². The Morgan fingerprint density at radius 2 is 2.12 bits per heavy atom. The molecule has 0 aliphatic rings. The van der Waals surface area contributed by atoms with Crippen LogP contribution in [0.1, 0.15) is 19.8 Å². The zero-order valence-electron chi connectivity index (χ0n) is 10.1. The molecule has 1 unspecified atom stereocenters. The van der Waals surface area contributed by atoms with Crippen molar-refractivity contribution in [2.75, 3.05) is 11.9 Å². The van der Waals surface area contributed by atoms with Crippen LogP contribution in [0.3, 0.4) is 0 Å². The SMILES string of the molecule is C#CCCCNC(C)C(=O)Nc1ccccc1. The first kappa shape index (κ1) is 13.3. The van der Waals surface area contributed by atoms with Crippen LogP contribution in [-0.2, 0) is 4.79 Å². The number of amides is 1. The van der Waals surface area contributed by atoms with E-state index < -0.39 is 0 Å². The molecule has 90 valence electrons. The van der Waals surface area contributed by atoms with Crippen molar-refractivity contribution in [2.45, 2.75) is 25.8 Å². The van der Waals surface area contributed by atoms with Crippen LogP contribution in [0.2, 0.25) is 0 Å². The van der Waals surface area contributed by atoms with Gasteiger partial charge in [0.25, 0.3) is 0 Å². The van der Waals surface area contributed by atoms with Crippen molar-refractivity contribution in [1.82, 2.24) is 5.32 Å². The number of carbonyl (C=O) groups excluding carboxylic acids is 1. The number of nitrogens with one attached hydrogen (secondary N) is 2. The average Bonchev–Trinajstić information content (AvgIpc) is 2.35. The molecule has 0 bridgehead atoms. The summed E-state index contributed by atoms with van der Waals surface area (Å²) in [5.74, 6) is 2.54. The Bertz CT molecular complexity index is 381. The fraction of sp³-hybridized carbons (Fsp3) is 0.357. The maximum Gasteiger partial charge on any atom is 0.241 e. The molecule has 0 spiro atoms. The second kappa shape index (κ2) is 7.48. The number of hydrogen-bond donors (Lipinski definition) is 2. The van der Waals surface area contributed by atoms with Gasteiger partial charge in [-0.25, -0.2) is 0 Å². The van der Waals surface area contributed by atoms with Crippen molar-refractivity contribution in [3.63, 3.8) is 0 Å². The highest BCUT2D eigenvalue weighted by Gasteiger charge is 2.11. The summed E-state index contributed by atoms with van der Waals surface area (Å²) in [5, 5.41) is 5.97. The number of unbranched alkanes of at least 4 members (excludes halogenated alkanes) is 1. The van der Waals surface area contributed by atoms with Gasteiger partial charge in [0.2, 0.25) is 5.91 Å². The Kier molecular flexibility index (Phi) is 5.84. The molecule has 0 radical (unpaired) electrons. The lowest BCUT2D eigenvalue weighted by molar-refractivity contribution is -0.117. The van der Waals surface area contributed by atoms with Crippen LogP contribution < -0.4 is 10.6 Å². The van der Waals surface area contributed by atoms with E-state index >= 15 is 0 Å². The first-order chi connectivity index (χ1) is 8.24. The summed E-state index contributed by atoms with van der Waals surface area (Å²) in [7, 11) is 0.